The molecule has 0 radical (unpaired) electrons. The summed E-state index contributed by atoms with van der Waals surface area (Å²) in [6, 6.07) is 0. The Hall–Kier alpha value is -1.12. The molecule has 1 aliphatic carbocycles. The Balaban J connectivity index is 2.20. The van der Waals surface area contributed by atoms with E-state index < -0.39 is 0 Å². The molecule has 3 heteroatoms. The molecule has 1 fully saturated rings. The molecule has 1 aliphatic rings. The number of allylic oxidation sites excluding steroid dienone is 2. The second kappa shape index (κ2) is 3.32. The zero-order valence-corrected chi connectivity index (χ0v) is 8.08. The van der Waals surface area contributed by atoms with E-state index in [1.54, 1.807) is 0 Å². The molecule has 0 aromatic carbocycles. The van der Waals surface area contributed by atoms with Crippen LogP contribution in [0, 0.1) is 0 Å². The summed E-state index contributed by atoms with van der Waals surface area (Å²) in [6.07, 6.45) is 5.39. The minimum Gasteiger partial charge on any atom is -0.421 e. The van der Waals surface area contributed by atoms with Gasteiger partial charge in [-0.1, -0.05) is 13.0 Å². The van der Waals surface area contributed by atoms with E-state index in [0.29, 0.717) is 11.8 Å². The number of hydrogen-bond acceptors (Lipinski definition) is 3. The van der Waals surface area contributed by atoms with Crippen LogP contribution in [0.2, 0.25) is 0 Å². The molecule has 1 heterocycles. The van der Waals surface area contributed by atoms with Crippen LogP contribution in [0.1, 0.15) is 50.8 Å². The summed E-state index contributed by atoms with van der Waals surface area (Å²) in [5.41, 5.74) is 1.14. The van der Waals surface area contributed by atoms with Gasteiger partial charge in [0, 0.05) is 11.5 Å². The van der Waals surface area contributed by atoms with E-state index in [0.717, 1.165) is 17.9 Å². The molecule has 0 saturated heterocycles. The molecule has 1 aromatic heterocycles. The fourth-order valence-corrected chi connectivity index (χ4v) is 1.34. The quantitative estimate of drug-likeness (QED) is 0.714. The van der Waals surface area contributed by atoms with Crippen LogP contribution in [0.15, 0.2) is 10.5 Å². The molecule has 0 spiro atoms. The second-order valence-corrected chi connectivity index (χ2v) is 3.39. The maximum Gasteiger partial charge on any atom is 0.243 e. The fraction of sp³-hybridized carbons (Fsp3) is 0.600. The molecule has 70 valence electrons. The second-order valence-electron chi connectivity index (χ2n) is 3.39. The lowest BCUT2D eigenvalue weighted by Gasteiger charge is -1.94. The molecule has 2 rings (SSSR count). The Morgan fingerprint density at radius 1 is 1.54 bits per heavy atom. The molecular weight excluding hydrogens is 164 g/mol. The Morgan fingerprint density at radius 2 is 2.31 bits per heavy atom. The van der Waals surface area contributed by atoms with Crippen LogP contribution in [0.3, 0.4) is 0 Å². The highest BCUT2D eigenvalue weighted by Gasteiger charge is 2.29. The minimum atomic E-state index is 0.552. The van der Waals surface area contributed by atoms with Gasteiger partial charge in [-0.2, -0.15) is 0 Å². The van der Waals surface area contributed by atoms with Gasteiger partial charge in [-0.05, 0) is 26.2 Å². The molecule has 0 aliphatic heterocycles. The van der Waals surface area contributed by atoms with E-state index in [-0.39, 0.29) is 0 Å². The van der Waals surface area contributed by atoms with E-state index in [1.807, 2.05) is 13.0 Å². The summed E-state index contributed by atoms with van der Waals surface area (Å²) >= 11 is 0. The van der Waals surface area contributed by atoms with Crippen molar-refractivity contribution in [1.82, 2.24) is 10.2 Å². The van der Waals surface area contributed by atoms with Crippen LogP contribution in [-0.2, 0) is 0 Å². The first-order chi connectivity index (χ1) is 6.35. The third kappa shape index (κ3) is 1.64. The predicted molar refractivity (Wildman–Crippen MR) is 50.2 cm³/mol. The molecule has 13 heavy (non-hydrogen) atoms. The minimum absolute atomic E-state index is 0.552. The Morgan fingerprint density at radius 3 is 2.85 bits per heavy atom. The molecule has 0 amide bonds. The van der Waals surface area contributed by atoms with Crippen LogP contribution < -0.4 is 0 Å². The van der Waals surface area contributed by atoms with Crippen molar-refractivity contribution >= 4 is 5.57 Å². The standard InChI is InChI=1S/C10H14N2O/c1-3-7(4-2)9-11-12-10(13-9)8-5-6-8/h3,8H,4-6H2,1-2H3/b7-3-. The summed E-state index contributed by atoms with van der Waals surface area (Å²) in [6.45, 7) is 4.09. The Bertz CT molecular complexity index is 323. The summed E-state index contributed by atoms with van der Waals surface area (Å²) in [7, 11) is 0. The van der Waals surface area contributed by atoms with Gasteiger partial charge in [0.25, 0.3) is 0 Å². The first-order valence-corrected chi connectivity index (χ1v) is 4.84. The number of aromatic nitrogens is 2. The van der Waals surface area contributed by atoms with Gasteiger partial charge >= 0.3 is 0 Å². The van der Waals surface area contributed by atoms with Crippen molar-refractivity contribution in [3.8, 4) is 0 Å². The number of rotatable bonds is 3. The molecular formula is C10H14N2O. The zero-order valence-electron chi connectivity index (χ0n) is 8.08. The number of hydrogen-bond donors (Lipinski definition) is 0. The molecule has 1 aromatic rings. The molecule has 0 unspecified atom stereocenters. The van der Waals surface area contributed by atoms with Gasteiger partial charge in [-0.25, -0.2) is 0 Å². The van der Waals surface area contributed by atoms with Gasteiger partial charge in [0.2, 0.25) is 11.8 Å². The molecule has 0 bridgehead atoms. The Kier molecular flexibility index (Phi) is 2.17. The van der Waals surface area contributed by atoms with Gasteiger partial charge in [-0.15, -0.1) is 10.2 Å². The average Bonchev–Trinajstić information content (AvgIpc) is 2.89. The van der Waals surface area contributed by atoms with Crippen molar-refractivity contribution in [2.75, 3.05) is 0 Å². The summed E-state index contributed by atoms with van der Waals surface area (Å²) in [5, 5.41) is 8.07. The maximum absolute atomic E-state index is 5.56. The summed E-state index contributed by atoms with van der Waals surface area (Å²) in [4.78, 5) is 0. The van der Waals surface area contributed by atoms with Crippen molar-refractivity contribution in [3.63, 3.8) is 0 Å². The van der Waals surface area contributed by atoms with Crippen LogP contribution >= 0.6 is 0 Å². The van der Waals surface area contributed by atoms with Gasteiger partial charge in [-0.3, -0.25) is 0 Å². The lowest BCUT2D eigenvalue weighted by Crippen LogP contribution is -1.81. The van der Waals surface area contributed by atoms with Gasteiger partial charge in [0.1, 0.15) is 0 Å². The molecule has 1 saturated carbocycles. The van der Waals surface area contributed by atoms with Gasteiger partial charge in [0.05, 0.1) is 0 Å². The summed E-state index contributed by atoms with van der Waals surface area (Å²) < 4.78 is 5.56. The predicted octanol–water partition coefficient (Wildman–Crippen LogP) is 2.76. The number of nitrogens with zero attached hydrogens (tertiary/aromatic N) is 2. The highest BCUT2D eigenvalue weighted by atomic mass is 16.4. The first-order valence-electron chi connectivity index (χ1n) is 4.84. The maximum atomic E-state index is 5.56. The van der Waals surface area contributed by atoms with Gasteiger partial charge in [0.15, 0.2) is 0 Å². The Labute approximate surface area is 77.9 Å². The van der Waals surface area contributed by atoms with Crippen molar-refractivity contribution in [1.29, 1.82) is 0 Å². The van der Waals surface area contributed by atoms with E-state index in [4.69, 9.17) is 4.42 Å². The van der Waals surface area contributed by atoms with Crippen LogP contribution in [0.5, 0.6) is 0 Å². The highest BCUT2D eigenvalue weighted by molar-refractivity contribution is 5.57. The van der Waals surface area contributed by atoms with Crippen molar-refractivity contribution < 1.29 is 4.42 Å². The molecule has 0 N–H and O–H groups in total. The zero-order chi connectivity index (χ0) is 9.26. The largest absolute Gasteiger partial charge is 0.421 e. The van der Waals surface area contributed by atoms with E-state index in [9.17, 15) is 0 Å². The lowest BCUT2D eigenvalue weighted by molar-refractivity contribution is 0.483. The SMILES string of the molecule is C/C=C(/CC)c1nnc(C2CC2)o1. The van der Waals surface area contributed by atoms with E-state index in [1.165, 1.54) is 12.8 Å². The highest BCUT2D eigenvalue weighted by Crippen LogP contribution is 2.39. The van der Waals surface area contributed by atoms with Crippen LogP contribution in [-0.4, -0.2) is 10.2 Å². The van der Waals surface area contributed by atoms with E-state index in [2.05, 4.69) is 17.1 Å². The van der Waals surface area contributed by atoms with Crippen LogP contribution in [0.4, 0.5) is 0 Å². The van der Waals surface area contributed by atoms with Crippen molar-refractivity contribution in [3.05, 3.63) is 17.9 Å². The molecule has 3 nitrogen and oxygen atoms in total. The topological polar surface area (TPSA) is 38.9 Å². The third-order valence-electron chi connectivity index (χ3n) is 2.37. The van der Waals surface area contributed by atoms with Gasteiger partial charge < -0.3 is 4.42 Å². The lowest BCUT2D eigenvalue weighted by atomic mass is 10.2. The fourth-order valence-electron chi connectivity index (χ4n) is 1.34. The van der Waals surface area contributed by atoms with Crippen molar-refractivity contribution in [2.45, 2.75) is 39.0 Å². The van der Waals surface area contributed by atoms with Crippen LogP contribution in [0.25, 0.3) is 5.57 Å². The normalized spacial score (nSPS) is 17.8. The van der Waals surface area contributed by atoms with Crippen molar-refractivity contribution in [2.24, 2.45) is 0 Å². The average molecular weight is 178 g/mol. The first kappa shape index (κ1) is 8.48. The van der Waals surface area contributed by atoms with E-state index >= 15 is 0 Å². The molecule has 0 atom stereocenters. The summed E-state index contributed by atoms with van der Waals surface area (Å²) in [5.74, 6) is 2.07. The third-order valence-corrected chi connectivity index (χ3v) is 2.37. The smallest absolute Gasteiger partial charge is 0.243 e. The monoisotopic (exact) mass is 178 g/mol.